The van der Waals surface area contributed by atoms with E-state index in [1.165, 1.54) is 25.3 Å². The molecule has 2 bridgehead atoms. The molecule has 0 heterocycles. The molecule has 3 rings (SSSR count). The monoisotopic (exact) mass is 269 g/mol. The lowest BCUT2D eigenvalue weighted by molar-refractivity contribution is -0.137. The SMILES string of the molecule is Cc1ccc(C(F)(F)F)cc1NC1CC2CCC1C2. The smallest absolute Gasteiger partial charge is 0.382 e. The summed E-state index contributed by atoms with van der Waals surface area (Å²) in [4.78, 5) is 0. The van der Waals surface area contributed by atoms with Crippen molar-refractivity contribution in [2.75, 3.05) is 5.32 Å². The Morgan fingerprint density at radius 2 is 1.95 bits per heavy atom. The van der Waals surface area contributed by atoms with Crippen LogP contribution in [0.1, 0.15) is 36.8 Å². The molecule has 0 aromatic heterocycles. The van der Waals surface area contributed by atoms with Gasteiger partial charge >= 0.3 is 6.18 Å². The van der Waals surface area contributed by atoms with E-state index in [0.717, 1.165) is 24.0 Å². The molecular weight excluding hydrogens is 251 g/mol. The third-order valence-corrected chi connectivity index (χ3v) is 4.64. The minimum absolute atomic E-state index is 0.362. The van der Waals surface area contributed by atoms with E-state index in [0.29, 0.717) is 17.6 Å². The van der Waals surface area contributed by atoms with Crippen LogP contribution in [0.4, 0.5) is 18.9 Å². The van der Waals surface area contributed by atoms with Crippen LogP contribution in [0.5, 0.6) is 0 Å². The Morgan fingerprint density at radius 1 is 1.16 bits per heavy atom. The summed E-state index contributed by atoms with van der Waals surface area (Å²) in [6.45, 7) is 1.86. The molecule has 2 aliphatic rings. The van der Waals surface area contributed by atoms with Crippen LogP contribution in [-0.2, 0) is 6.18 Å². The zero-order valence-electron chi connectivity index (χ0n) is 10.9. The van der Waals surface area contributed by atoms with Gasteiger partial charge in [0.1, 0.15) is 0 Å². The number of anilines is 1. The molecule has 2 fully saturated rings. The Balaban J connectivity index is 1.80. The molecule has 3 unspecified atom stereocenters. The number of alkyl halides is 3. The zero-order chi connectivity index (χ0) is 13.6. The summed E-state index contributed by atoms with van der Waals surface area (Å²) in [6, 6.07) is 4.32. The third-order valence-electron chi connectivity index (χ3n) is 4.64. The quantitative estimate of drug-likeness (QED) is 0.826. The third kappa shape index (κ3) is 2.45. The average molecular weight is 269 g/mol. The molecule has 2 saturated carbocycles. The van der Waals surface area contributed by atoms with E-state index in [-0.39, 0.29) is 0 Å². The van der Waals surface area contributed by atoms with E-state index in [1.807, 2.05) is 6.92 Å². The van der Waals surface area contributed by atoms with Crippen molar-refractivity contribution < 1.29 is 13.2 Å². The summed E-state index contributed by atoms with van der Waals surface area (Å²) < 4.78 is 38.2. The van der Waals surface area contributed by atoms with Gasteiger partial charge in [-0.05, 0) is 55.7 Å². The summed E-state index contributed by atoms with van der Waals surface area (Å²) >= 11 is 0. The normalized spacial score (nSPS) is 29.8. The Bertz CT molecular complexity index is 481. The largest absolute Gasteiger partial charge is 0.416 e. The lowest BCUT2D eigenvalue weighted by Gasteiger charge is -2.25. The van der Waals surface area contributed by atoms with Gasteiger partial charge in [0.2, 0.25) is 0 Å². The first-order valence-electron chi connectivity index (χ1n) is 6.88. The molecule has 0 radical (unpaired) electrons. The Kier molecular flexibility index (Phi) is 2.99. The van der Waals surface area contributed by atoms with Crippen molar-refractivity contribution in [3.63, 3.8) is 0 Å². The number of fused-ring (bicyclic) bond motifs is 2. The number of benzene rings is 1. The van der Waals surface area contributed by atoms with Gasteiger partial charge in [-0.3, -0.25) is 0 Å². The van der Waals surface area contributed by atoms with Gasteiger partial charge in [-0.25, -0.2) is 0 Å². The number of aryl methyl sites for hydroxylation is 1. The first kappa shape index (κ1) is 12.8. The highest BCUT2D eigenvalue weighted by atomic mass is 19.4. The van der Waals surface area contributed by atoms with Gasteiger partial charge in [0.25, 0.3) is 0 Å². The lowest BCUT2D eigenvalue weighted by atomic mass is 9.94. The maximum Gasteiger partial charge on any atom is 0.416 e. The minimum Gasteiger partial charge on any atom is -0.382 e. The molecule has 104 valence electrons. The Morgan fingerprint density at radius 3 is 2.53 bits per heavy atom. The Labute approximate surface area is 111 Å². The molecule has 19 heavy (non-hydrogen) atoms. The van der Waals surface area contributed by atoms with Crippen LogP contribution in [0.2, 0.25) is 0 Å². The highest BCUT2D eigenvalue weighted by molar-refractivity contribution is 5.54. The van der Waals surface area contributed by atoms with Crippen LogP contribution in [0.25, 0.3) is 0 Å². The Hall–Kier alpha value is -1.19. The number of nitrogens with one attached hydrogen (secondary N) is 1. The molecule has 0 saturated heterocycles. The van der Waals surface area contributed by atoms with Gasteiger partial charge in [-0.1, -0.05) is 12.5 Å². The highest BCUT2D eigenvalue weighted by Crippen LogP contribution is 2.46. The predicted molar refractivity (Wildman–Crippen MR) is 69.0 cm³/mol. The topological polar surface area (TPSA) is 12.0 Å². The van der Waals surface area contributed by atoms with Crippen molar-refractivity contribution in [2.24, 2.45) is 11.8 Å². The minimum atomic E-state index is -4.27. The van der Waals surface area contributed by atoms with Gasteiger partial charge < -0.3 is 5.32 Å². The van der Waals surface area contributed by atoms with Gasteiger partial charge in [0.15, 0.2) is 0 Å². The van der Waals surface area contributed by atoms with Gasteiger partial charge in [-0.15, -0.1) is 0 Å². The van der Waals surface area contributed by atoms with E-state index < -0.39 is 11.7 Å². The second-order valence-electron chi connectivity index (χ2n) is 5.95. The van der Waals surface area contributed by atoms with E-state index in [9.17, 15) is 13.2 Å². The zero-order valence-corrected chi connectivity index (χ0v) is 10.9. The second kappa shape index (κ2) is 4.43. The van der Waals surface area contributed by atoms with Crippen LogP contribution in [0, 0.1) is 18.8 Å². The first-order valence-corrected chi connectivity index (χ1v) is 6.88. The summed E-state index contributed by atoms with van der Waals surface area (Å²) in [5.41, 5.74) is 0.965. The number of rotatable bonds is 2. The van der Waals surface area contributed by atoms with Gasteiger partial charge in [0.05, 0.1) is 5.56 Å². The molecule has 0 amide bonds. The van der Waals surface area contributed by atoms with Crippen LogP contribution in [0.3, 0.4) is 0 Å². The van der Waals surface area contributed by atoms with Crippen molar-refractivity contribution >= 4 is 5.69 Å². The number of halogens is 3. The van der Waals surface area contributed by atoms with E-state index >= 15 is 0 Å². The fraction of sp³-hybridized carbons (Fsp3) is 0.600. The summed E-state index contributed by atoms with van der Waals surface area (Å²) in [7, 11) is 0. The van der Waals surface area contributed by atoms with Crippen LogP contribution in [0.15, 0.2) is 18.2 Å². The van der Waals surface area contributed by atoms with E-state index in [4.69, 9.17) is 0 Å². The van der Waals surface area contributed by atoms with Crippen LogP contribution in [-0.4, -0.2) is 6.04 Å². The summed E-state index contributed by atoms with van der Waals surface area (Å²) in [5.74, 6) is 1.44. The molecule has 2 aliphatic carbocycles. The van der Waals surface area contributed by atoms with Crippen molar-refractivity contribution in [3.05, 3.63) is 29.3 Å². The summed E-state index contributed by atoms with van der Waals surface area (Å²) in [5, 5.41) is 3.35. The first-order chi connectivity index (χ1) is 8.93. The molecular formula is C15H18F3N. The molecule has 4 heteroatoms. The van der Waals surface area contributed by atoms with Crippen LogP contribution >= 0.6 is 0 Å². The van der Waals surface area contributed by atoms with Crippen molar-refractivity contribution in [3.8, 4) is 0 Å². The van der Waals surface area contributed by atoms with Crippen molar-refractivity contribution in [1.29, 1.82) is 0 Å². The highest BCUT2D eigenvalue weighted by Gasteiger charge is 2.39. The molecule has 3 atom stereocenters. The maximum atomic E-state index is 12.7. The molecule has 0 spiro atoms. The van der Waals surface area contributed by atoms with E-state index in [1.54, 1.807) is 6.07 Å². The molecule has 1 nitrogen and oxygen atoms in total. The lowest BCUT2D eigenvalue weighted by Crippen LogP contribution is -2.26. The van der Waals surface area contributed by atoms with Crippen molar-refractivity contribution in [1.82, 2.24) is 0 Å². The van der Waals surface area contributed by atoms with Crippen molar-refractivity contribution in [2.45, 2.75) is 44.8 Å². The van der Waals surface area contributed by atoms with Gasteiger partial charge in [-0.2, -0.15) is 13.2 Å². The molecule has 1 aromatic rings. The predicted octanol–water partition coefficient (Wildman–Crippen LogP) is 4.61. The molecule has 1 aromatic carbocycles. The fourth-order valence-electron chi connectivity index (χ4n) is 3.58. The second-order valence-corrected chi connectivity index (χ2v) is 5.95. The molecule has 1 N–H and O–H groups in total. The summed E-state index contributed by atoms with van der Waals surface area (Å²) in [6.07, 6.45) is 0.611. The van der Waals surface area contributed by atoms with E-state index in [2.05, 4.69) is 5.32 Å². The standard InChI is InChI=1S/C15H18F3N/c1-9-2-5-12(15(16,17)18)8-13(9)19-14-7-10-3-4-11(14)6-10/h2,5,8,10-11,14,19H,3-4,6-7H2,1H3. The maximum absolute atomic E-state index is 12.7. The van der Waals surface area contributed by atoms with Crippen LogP contribution < -0.4 is 5.32 Å². The average Bonchev–Trinajstić information content (AvgIpc) is 2.92. The fourth-order valence-corrected chi connectivity index (χ4v) is 3.58. The number of hydrogen-bond acceptors (Lipinski definition) is 1. The van der Waals surface area contributed by atoms with Gasteiger partial charge in [0, 0.05) is 11.7 Å². The number of hydrogen-bond donors (Lipinski definition) is 1. The molecule has 0 aliphatic heterocycles.